The Kier molecular flexibility index (Phi) is 2.30. The van der Waals surface area contributed by atoms with Gasteiger partial charge in [-0.05, 0) is 36.0 Å². The first-order valence-electron chi connectivity index (χ1n) is 5.64. The number of terminal acetylenes is 1. The minimum atomic E-state index is -0.508. The quantitative estimate of drug-likeness (QED) is 0.373. The zero-order valence-corrected chi connectivity index (χ0v) is 9.62. The highest BCUT2D eigenvalue weighted by Gasteiger charge is 2.57. The number of hydrogen-bond acceptors (Lipinski definition) is 2. The van der Waals surface area contributed by atoms with Crippen LogP contribution >= 0.6 is 0 Å². The largest absolute Gasteiger partial charge is 0.452 e. The summed E-state index contributed by atoms with van der Waals surface area (Å²) in [4.78, 5) is 11.1. The van der Waals surface area contributed by atoms with Gasteiger partial charge < -0.3 is 4.74 Å². The van der Waals surface area contributed by atoms with Gasteiger partial charge in [-0.3, -0.25) is 0 Å². The van der Waals surface area contributed by atoms with Gasteiger partial charge in [-0.15, -0.1) is 6.42 Å². The minimum Gasteiger partial charge on any atom is -0.452 e. The molecule has 0 aromatic heterocycles. The van der Waals surface area contributed by atoms with Crippen LogP contribution in [0.2, 0.25) is 0 Å². The summed E-state index contributed by atoms with van der Waals surface area (Å²) in [5.41, 5.74) is 0.429. The fourth-order valence-electron chi connectivity index (χ4n) is 3.43. The summed E-state index contributed by atoms with van der Waals surface area (Å²) in [5, 5.41) is 0. The van der Waals surface area contributed by atoms with Crippen molar-refractivity contribution in [3.8, 4) is 12.3 Å². The zero-order valence-electron chi connectivity index (χ0n) is 9.62. The molecule has 3 aliphatic carbocycles. The van der Waals surface area contributed by atoms with Crippen LogP contribution in [0.25, 0.3) is 0 Å². The van der Waals surface area contributed by atoms with Crippen LogP contribution in [0.4, 0.5) is 0 Å². The van der Waals surface area contributed by atoms with Crippen molar-refractivity contribution in [2.75, 3.05) is 0 Å². The second-order valence-corrected chi connectivity index (χ2v) is 5.54. The number of rotatable bonds is 1. The Hall–Kier alpha value is -0.970. The third-order valence-electron chi connectivity index (χ3n) is 4.66. The molecular weight excluding hydrogens is 188 g/mol. The van der Waals surface area contributed by atoms with Crippen LogP contribution in [0, 0.1) is 35.5 Å². The van der Waals surface area contributed by atoms with Gasteiger partial charge >= 0.3 is 5.97 Å². The van der Waals surface area contributed by atoms with Gasteiger partial charge in [0.1, 0.15) is 6.10 Å². The SMILES string of the molecule is C#CC(=O)O[C@H]1C[C@H]2C[C@@H]([C@@H]1C)C2(C)C. The van der Waals surface area contributed by atoms with E-state index < -0.39 is 5.97 Å². The first-order chi connectivity index (χ1) is 6.96. The van der Waals surface area contributed by atoms with Crippen LogP contribution in [-0.4, -0.2) is 12.1 Å². The van der Waals surface area contributed by atoms with Crippen molar-refractivity contribution in [3.05, 3.63) is 0 Å². The number of fused-ring (bicyclic) bond motifs is 2. The lowest BCUT2D eigenvalue weighted by atomic mass is 9.45. The van der Waals surface area contributed by atoms with E-state index in [2.05, 4.69) is 20.8 Å². The van der Waals surface area contributed by atoms with E-state index in [0.29, 0.717) is 23.2 Å². The normalized spacial score (nSPS) is 41.2. The molecule has 0 aromatic carbocycles. The van der Waals surface area contributed by atoms with Crippen LogP contribution in [0.5, 0.6) is 0 Å². The van der Waals surface area contributed by atoms with E-state index in [1.165, 1.54) is 6.42 Å². The molecule has 0 unspecified atom stereocenters. The second-order valence-electron chi connectivity index (χ2n) is 5.54. The lowest BCUT2D eigenvalue weighted by Gasteiger charge is -2.61. The number of ether oxygens (including phenoxy) is 1. The molecule has 15 heavy (non-hydrogen) atoms. The Labute approximate surface area is 91.4 Å². The molecule has 0 radical (unpaired) electrons. The summed E-state index contributed by atoms with van der Waals surface area (Å²) in [6, 6.07) is 0. The molecule has 0 amide bonds. The monoisotopic (exact) mass is 206 g/mol. The Morgan fingerprint density at radius 2 is 2.13 bits per heavy atom. The van der Waals surface area contributed by atoms with Crippen LogP contribution in [0.1, 0.15) is 33.6 Å². The lowest BCUT2D eigenvalue weighted by Crippen LogP contribution is -2.57. The van der Waals surface area contributed by atoms with Crippen molar-refractivity contribution in [2.45, 2.75) is 39.7 Å². The average Bonchev–Trinajstić information content (AvgIpc) is 2.19. The Balaban J connectivity index is 2.03. The summed E-state index contributed by atoms with van der Waals surface area (Å²) in [5.74, 6) is 3.35. The Morgan fingerprint density at radius 1 is 1.47 bits per heavy atom. The van der Waals surface area contributed by atoms with E-state index in [0.717, 1.165) is 6.42 Å². The lowest BCUT2D eigenvalue weighted by molar-refractivity contribution is -0.181. The molecule has 3 fully saturated rings. The van der Waals surface area contributed by atoms with Crippen molar-refractivity contribution in [3.63, 3.8) is 0 Å². The third-order valence-corrected chi connectivity index (χ3v) is 4.66. The zero-order chi connectivity index (χ0) is 11.2. The van der Waals surface area contributed by atoms with Crippen LogP contribution < -0.4 is 0 Å². The fraction of sp³-hybridized carbons (Fsp3) is 0.769. The maximum atomic E-state index is 11.1. The molecule has 0 aromatic rings. The maximum absolute atomic E-state index is 11.1. The minimum absolute atomic E-state index is 0.0466. The highest BCUT2D eigenvalue weighted by molar-refractivity contribution is 5.87. The Morgan fingerprint density at radius 3 is 2.60 bits per heavy atom. The van der Waals surface area contributed by atoms with Crippen molar-refractivity contribution >= 4 is 5.97 Å². The standard InChI is InChI=1S/C13H18O2/c1-5-12(14)15-11-7-9-6-10(8(11)2)13(9,3)4/h1,8-11H,6-7H2,2-4H3/t8-,9+,10-,11-/m0/s1. The summed E-state index contributed by atoms with van der Waals surface area (Å²) in [6.45, 7) is 6.82. The van der Waals surface area contributed by atoms with E-state index in [1.807, 2.05) is 5.92 Å². The summed E-state index contributed by atoms with van der Waals surface area (Å²) < 4.78 is 5.27. The van der Waals surface area contributed by atoms with Gasteiger partial charge in [-0.1, -0.05) is 20.8 Å². The van der Waals surface area contributed by atoms with E-state index in [1.54, 1.807) is 0 Å². The van der Waals surface area contributed by atoms with Crippen molar-refractivity contribution in [1.82, 2.24) is 0 Å². The van der Waals surface area contributed by atoms with Crippen molar-refractivity contribution in [2.24, 2.45) is 23.2 Å². The first-order valence-corrected chi connectivity index (χ1v) is 5.64. The molecule has 3 rings (SSSR count). The molecule has 0 N–H and O–H groups in total. The smallest absolute Gasteiger partial charge is 0.384 e. The molecule has 0 aliphatic heterocycles. The van der Waals surface area contributed by atoms with Crippen molar-refractivity contribution < 1.29 is 9.53 Å². The third kappa shape index (κ3) is 1.45. The molecule has 3 aliphatic rings. The predicted octanol–water partition coefficient (Wildman–Crippen LogP) is 2.23. The molecule has 2 nitrogen and oxygen atoms in total. The first kappa shape index (κ1) is 10.5. The molecule has 82 valence electrons. The van der Waals surface area contributed by atoms with Gasteiger partial charge in [0.25, 0.3) is 0 Å². The van der Waals surface area contributed by atoms with Gasteiger partial charge in [-0.2, -0.15) is 0 Å². The molecule has 3 saturated carbocycles. The molecule has 0 spiro atoms. The number of carbonyl (C=O) groups is 1. The summed E-state index contributed by atoms with van der Waals surface area (Å²) in [6.07, 6.45) is 7.33. The Bertz CT molecular complexity index is 324. The fourth-order valence-corrected chi connectivity index (χ4v) is 3.43. The predicted molar refractivity (Wildman–Crippen MR) is 57.9 cm³/mol. The topological polar surface area (TPSA) is 26.3 Å². The van der Waals surface area contributed by atoms with Gasteiger partial charge in [0.15, 0.2) is 0 Å². The molecular formula is C13H18O2. The van der Waals surface area contributed by atoms with Crippen molar-refractivity contribution in [1.29, 1.82) is 0 Å². The average molecular weight is 206 g/mol. The van der Waals surface area contributed by atoms with E-state index in [9.17, 15) is 4.79 Å². The van der Waals surface area contributed by atoms with E-state index in [-0.39, 0.29) is 6.10 Å². The highest BCUT2D eigenvalue weighted by atomic mass is 16.5. The molecule has 4 atom stereocenters. The molecule has 0 heterocycles. The maximum Gasteiger partial charge on any atom is 0.384 e. The van der Waals surface area contributed by atoms with Gasteiger partial charge in [0, 0.05) is 5.92 Å². The van der Waals surface area contributed by atoms with Gasteiger partial charge in [-0.25, -0.2) is 4.79 Å². The summed E-state index contributed by atoms with van der Waals surface area (Å²) >= 11 is 0. The van der Waals surface area contributed by atoms with Gasteiger partial charge in [0.2, 0.25) is 0 Å². The summed E-state index contributed by atoms with van der Waals surface area (Å²) in [7, 11) is 0. The van der Waals surface area contributed by atoms with Crippen LogP contribution in [0.15, 0.2) is 0 Å². The number of carbonyl (C=O) groups excluding carboxylic acids is 1. The van der Waals surface area contributed by atoms with E-state index >= 15 is 0 Å². The molecule has 2 bridgehead atoms. The second kappa shape index (κ2) is 3.27. The molecule has 0 saturated heterocycles. The highest BCUT2D eigenvalue weighted by Crippen LogP contribution is 2.61. The van der Waals surface area contributed by atoms with Crippen LogP contribution in [-0.2, 0) is 9.53 Å². The number of esters is 1. The molecule has 2 heteroatoms. The van der Waals surface area contributed by atoms with E-state index in [4.69, 9.17) is 11.2 Å². The van der Waals surface area contributed by atoms with Crippen LogP contribution in [0.3, 0.4) is 0 Å². The number of hydrogen-bond donors (Lipinski definition) is 0. The van der Waals surface area contributed by atoms with Gasteiger partial charge in [0.05, 0.1) is 0 Å².